The summed E-state index contributed by atoms with van der Waals surface area (Å²) in [6, 6.07) is 21.3. The molecule has 0 unspecified atom stereocenters. The Morgan fingerprint density at radius 3 is 1.97 bits per heavy atom. The van der Waals surface area contributed by atoms with E-state index in [0.29, 0.717) is 6.29 Å². The molecule has 35 heavy (non-hydrogen) atoms. The van der Waals surface area contributed by atoms with Crippen molar-refractivity contribution in [2.45, 2.75) is 50.3 Å². The SMILES string of the molecule is CO[C@@H]1[C@H](O[Si](c2ccccc2)(c2ccccc2)C(C)(C)C)[C@@H](C=O)O[C@H]1n1ccc(=O)[nH]c1=O. The molecule has 9 heteroatoms. The van der Waals surface area contributed by atoms with Crippen LogP contribution in [0.15, 0.2) is 82.5 Å². The molecule has 0 spiro atoms. The lowest BCUT2D eigenvalue weighted by molar-refractivity contribution is -0.122. The summed E-state index contributed by atoms with van der Waals surface area (Å²) in [4.78, 5) is 38.6. The van der Waals surface area contributed by atoms with Crippen molar-refractivity contribution in [1.82, 2.24) is 9.55 Å². The largest absolute Gasteiger partial charge is 0.398 e. The van der Waals surface area contributed by atoms with E-state index in [1.54, 1.807) is 0 Å². The minimum absolute atomic E-state index is 0.339. The highest BCUT2D eigenvalue weighted by Crippen LogP contribution is 2.41. The lowest BCUT2D eigenvalue weighted by Gasteiger charge is -2.45. The maximum atomic E-state index is 12.5. The molecule has 1 saturated heterocycles. The zero-order valence-electron chi connectivity index (χ0n) is 20.2. The van der Waals surface area contributed by atoms with Gasteiger partial charge in [-0.3, -0.25) is 14.3 Å². The number of methoxy groups -OCH3 is 1. The molecule has 0 saturated carbocycles. The first-order valence-corrected chi connectivity index (χ1v) is 13.4. The highest BCUT2D eigenvalue weighted by molar-refractivity contribution is 6.99. The summed E-state index contributed by atoms with van der Waals surface area (Å²) < 4.78 is 20.2. The van der Waals surface area contributed by atoms with Crippen LogP contribution < -0.4 is 21.6 Å². The number of aromatic nitrogens is 2. The second-order valence-corrected chi connectivity index (χ2v) is 13.8. The molecule has 1 aliphatic heterocycles. The van der Waals surface area contributed by atoms with Crippen molar-refractivity contribution >= 4 is 25.0 Å². The van der Waals surface area contributed by atoms with Crippen LogP contribution in [0.5, 0.6) is 0 Å². The minimum Gasteiger partial charge on any atom is -0.398 e. The molecule has 1 fully saturated rings. The molecular formula is C26H30N2O6Si. The Hall–Kier alpha value is -3.11. The quantitative estimate of drug-likeness (QED) is 0.396. The summed E-state index contributed by atoms with van der Waals surface area (Å²) >= 11 is 0. The second kappa shape index (κ2) is 9.86. The second-order valence-electron chi connectivity index (χ2n) is 9.59. The predicted molar refractivity (Wildman–Crippen MR) is 135 cm³/mol. The lowest BCUT2D eigenvalue weighted by Crippen LogP contribution is -2.69. The number of hydrogen-bond acceptors (Lipinski definition) is 6. The molecule has 184 valence electrons. The number of aromatic amines is 1. The molecular weight excluding hydrogens is 464 g/mol. The van der Waals surface area contributed by atoms with Crippen LogP contribution in [0.25, 0.3) is 0 Å². The van der Waals surface area contributed by atoms with E-state index in [2.05, 4.69) is 50.0 Å². The van der Waals surface area contributed by atoms with Gasteiger partial charge in [0.1, 0.15) is 18.3 Å². The molecule has 3 aromatic rings. The van der Waals surface area contributed by atoms with Crippen LogP contribution in [-0.2, 0) is 18.7 Å². The lowest BCUT2D eigenvalue weighted by atomic mass is 10.1. The number of hydrogen-bond donors (Lipinski definition) is 1. The van der Waals surface area contributed by atoms with Crippen molar-refractivity contribution in [1.29, 1.82) is 0 Å². The number of aldehydes is 1. The van der Waals surface area contributed by atoms with Crippen molar-refractivity contribution < 1.29 is 18.7 Å². The Bertz CT molecular complexity index is 1230. The highest BCUT2D eigenvalue weighted by atomic mass is 28.4. The molecule has 1 aromatic heterocycles. The molecule has 4 atom stereocenters. The van der Waals surface area contributed by atoms with Crippen molar-refractivity contribution in [3.63, 3.8) is 0 Å². The molecule has 4 rings (SSSR count). The number of rotatable bonds is 7. The maximum absolute atomic E-state index is 12.5. The summed E-state index contributed by atoms with van der Waals surface area (Å²) in [6.45, 7) is 6.41. The van der Waals surface area contributed by atoms with E-state index in [1.807, 2.05) is 36.4 Å². The molecule has 8 nitrogen and oxygen atoms in total. The van der Waals surface area contributed by atoms with Gasteiger partial charge in [-0.25, -0.2) is 4.79 Å². The molecule has 0 bridgehead atoms. The van der Waals surface area contributed by atoms with Crippen molar-refractivity contribution in [2.75, 3.05) is 7.11 Å². The number of nitrogens with one attached hydrogen (secondary N) is 1. The van der Waals surface area contributed by atoms with Crippen LogP contribution in [0.2, 0.25) is 5.04 Å². The zero-order valence-corrected chi connectivity index (χ0v) is 21.2. The standard InChI is InChI=1S/C26H30N2O6Si/c1-26(2,3)35(18-11-7-5-8-12-18,19-13-9-6-10-14-19)34-22-20(17-29)33-24(23(22)32-4)28-16-15-21(30)27-25(28)31/h5-17,20,22-24H,1-4H3,(H,27,30,31)/t20-,22-,23-,24-/m1/s1. The van der Waals surface area contributed by atoms with Gasteiger partial charge in [-0.1, -0.05) is 81.4 Å². The molecule has 1 N–H and O–H groups in total. The Morgan fingerprint density at radius 2 is 1.51 bits per heavy atom. The number of ether oxygens (including phenoxy) is 2. The van der Waals surface area contributed by atoms with Crippen molar-refractivity contribution in [3.05, 3.63) is 93.8 Å². The molecule has 0 radical (unpaired) electrons. The van der Waals surface area contributed by atoms with Gasteiger partial charge in [-0.05, 0) is 15.4 Å². The number of nitrogens with zero attached hydrogens (tertiary/aromatic N) is 1. The Kier molecular flexibility index (Phi) is 7.04. The average Bonchev–Trinajstić information content (AvgIpc) is 3.19. The molecule has 2 aromatic carbocycles. The number of carbonyl (C=O) groups is 1. The van der Waals surface area contributed by atoms with Gasteiger partial charge in [0.15, 0.2) is 12.5 Å². The fourth-order valence-electron chi connectivity index (χ4n) is 4.91. The highest BCUT2D eigenvalue weighted by Gasteiger charge is 2.56. The minimum atomic E-state index is -3.05. The first kappa shape index (κ1) is 25.0. The normalized spacial score (nSPS) is 22.7. The van der Waals surface area contributed by atoms with Crippen LogP contribution in [0.1, 0.15) is 27.0 Å². The van der Waals surface area contributed by atoms with Gasteiger partial charge in [-0.15, -0.1) is 0 Å². The average molecular weight is 495 g/mol. The Morgan fingerprint density at radius 1 is 0.943 bits per heavy atom. The third kappa shape index (κ3) is 4.48. The first-order chi connectivity index (χ1) is 16.7. The fraction of sp³-hybridized carbons (Fsp3) is 0.346. The topological polar surface area (TPSA) is 99.6 Å². The van der Waals surface area contributed by atoms with E-state index in [-0.39, 0.29) is 5.04 Å². The summed E-state index contributed by atoms with van der Waals surface area (Å²) in [5.41, 5.74) is -1.18. The van der Waals surface area contributed by atoms with Crippen LogP contribution in [0.3, 0.4) is 0 Å². The number of carbonyl (C=O) groups excluding carboxylic acids is 1. The summed E-state index contributed by atoms with van der Waals surface area (Å²) in [5, 5.41) is 1.75. The van der Waals surface area contributed by atoms with E-state index >= 15 is 0 Å². The predicted octanol–water partition coefficient (Wildman–Crippen LogP) is 1.59. The van der Waals surface area contributed by atoms with E-state index in [4.69, 9.17) is 13.9 Å². The summed E-state index contributed by atoms with van der Waals surface area (Å²) in [5.74, 6) is 0. The monoisotopic (exact) mass is 494 g/mol. The van der Waals surface area contributed by atoms with E-state index in [0.717, 1.165) is 10.4 Å². The fourth-order valence-corrected chi connectivity index (χ4v) is 9.60. The van der Waals surface area contributed by atoms with E-state index in [1.165, 1.54) is 23.9 Å². The molecule has 0 amide bonds. The van der Waals surface area contributed by atoms with Crippen LogP contribution in [0, 0.1) is 0 Å². The van der Waals surface area contributed by atoms with Crippen LogP contribution >= 0.6 is 0 Å². The van der Waals surface area contributed by atoms with Crippen molar-refractivity contribution in [3.8, 4) is 0 Å². The smallest absolute Gasteiger partial charge is 0.330 e. The molecule has 1 aliphatic rings. The third-order valence-corrected chi connectivity index (χ3v) is 11.5. The van der Waals surface area contributed by atoms with E-state index < -0.39 is 44.1 Å². The van der Waals surface area contributed by atoms with Gasteiger partial charge in [0.2, 0.25) is 0 Å². The summed E-state index contributed by atoms with van der Waals surface area (Å²) in [6.07, 6.45) is -1.49. The van der Waals surface area contributed by atoms with E-state index in [9.17, 15) is 14.4 Å². The molecule has 2 heterocycles. The van der Waals surface area contributed by atoms with Gasteiger partial charge >= 0.3 is 5.69 Å². The Balaban J connectivity index is 1.87. The van der Waals surface area contributed by atoms with Gasteiger partial charge in [-0.2, -0.15) is 0 Å². The molecule has 0 aliphatic carbocycles. The van der Waals surface area contributed by atoms with Gasteiger partial charge in [0.25, 0.3) is 13.9 Å². The van der Waals surface area contributed by atoms with Crippen LogP contribution in [0.4, 0.5) is 0 Å². The third-order valence-electron chi connectivity index (χ3n) is 6.49. The number of H-pyrrole nitrogens is 1. The zero-order chi connectivity index (χ0) is 25.2. The van der Waals surface area contributed by atoms with Gasteiger partial charge < -0.3 is 18.7 Å². The Labute approximate surface area is 204 Å². The van der Waals surface area contributed by atoms with Crippen LogP contribution in [-0.4, -0.2) is 49.6 Å². The van der Waals surface area contributed by atoms with Gasteiger partial charge in [0.05, 0.1) is 0 Å². The summed E-state index contributed by atoms with van der Waals surface area (Å²) in [7, 11) is -1.55. The van der Waals surface area contributed by atoms with Gasteiger partial charge in [0, 0.05) is 19.4 Å². The number of benzene rings is 2. The maximum Gasteiger partial charge on any atom is 0.330 e. The first-order valence-electron chi connectivity index (χ1n) is 11.5. The van der Waals surface area contributed by atoms with Crippen molar-refractivity contribution in [2.24, 2.45) is 0 Å².